The van der Waals surface area contributed by atoms with Gasteiger partial charge in [0.2, 0.25) is 11.8 Å². The number of amides is 2. The van der Waals surface area contributed by atoms with E-state index in [9.17, 15) is 9.59 Å². The van der Waals surface area contributed by atoms with Crippen LogP contribution in [-0.4, -0.2) is 34.3 Å². The van der Waals surface area contributed by atoms with Gasteiger partial charge in [-0.25, -0.2) is 0 Å². The largest absolute Gasteiger partial charge is 0.352 e. The second-order valence-electron chi connectivity index (χ2n) is 4.61. The zero-order valence-electron chi connectivity index (χ0n) is 11.7. The highest BCUT2D eigenvalue weighted by atomic mass is 16.2. The highest BCUT2D eigenvalue weighted by molar-refractivity contribution is 5.83. The van der Waals surface area contributed by atoms with Crippen molar-refractivity contribution in [3.05, 3.63) is 30.1 Å². The number of hydrogen-bond acceptors (Lipinski definition) is 3. The van der Waals surface area contributed by atoms with Crippen LogP contribution in [0.25, 0.3) is 0 Å². The predicted octanol–water partition coefficient (Wildman–Crippen LogP) is 1.34. The minimum absolute atomic E-state index is 0.0853. The van der Waals surface area contributed by atoms with Crippen LogP contribution in [0.5, 0.6) is 0 Å². The Morgan fingerprint density at radius 2 is 2.00 bits per heavy atom. The fourth-order valence-electron chi connectivity index (χ4n) is 1.58. The Bertz CT molecular complexity index is 420. The number of pyridine rings is 1. The molecule has 0 aliphatic heterocycles. The molecule has 0 aliphatic carbocycles. The van der Waals surface area contributed by atoms with Crippen LogP contribution >= 0.6 is 0 Å². The molecule has 1 N–H and O–H groups in total. The lowest BCUT2D eigenvalue weighted by Crippen LogP contribution is -2.42. The molecule has 0 aliphatic rings. The molecule has 1 aromatic heterocycles. The first-order valence-electron chi connectivity index (χ1n) is 6.46. The molecule has 5 nitrogen and oxygen atoms in total. The molecule has 0 saturated heterocycles. The molecule has 0 bridgehead atoms. The van der Waals surface area contributed by atoms with Gasteiger partial charge in [0.25, 0.3) is 0 Å². The molecule has 104 valence electrons. The van der Waals surface area contributed by atoms with Crippen LogP contribution in [0, 0.1) is 0 Å². The summed E-state index contributed by atoms with van der Waals surface area (Å²) in [6, 6.07) is 3.80. The van der Waals surface area contributed by atoms with Crippen LogP contribution in [0.3, 0.4) is 0 Å². The molecule has 1 unspecified atom stereocenters. The van der Waals surface area contributed by atoms with Gasteiger partial charge in [-0.3, -0.25) is 14.6 Å². The van der Waals surface area contributed by atoms with E-state index in [4.69, 9.17) is 0 Å². The fourth-order valence-corrected chi connectivity index (χ4v) is 1.58. The summed E-state index contributed by atoms with van der Waals surface area (Å²) >= 11 is 0. The molecule has 0 aromatic carbocycles. The van der Waals surface area contributed by atoms with Crippen LogP contribution in [0.15, 0.2) is 24.5 Å². The van der Waals surface area contributed by atoms with Crippen LogP contribution in [-0.2, 0) is 16.1 Å². The fraction of sp³-hybridized carbons (Fsp3) is 0.500. The predicted molar refractivity (Wildman–Crippen MR) is 73.2 cm³/mol. The number of carbonyl (C=O) groups excluding carboxylic acids is 2. The molecule has 1 heterocycles. The van der Waals surface area contributed by atoms with Crippen molar-refractivity contribution >= 4 is 11.8 Å². The Morgan fingerprint density at radius 3 is 2.53 bits per heavy atom. The minimum atomic E-state index is -0.126. The molecule has 2 amide bonds. The van der Waals surface area contributed by atoms with Crippen molar-refractivity contribution in [2.24, 2.45) is 0 Å². The minimum Gasteiger partial charge on any atom is -0.352 e. The van der Waals surface area contributed by atoms with E-state index in [0.29, 0.717) is 6.54 Å². The third-order valence-electron chi connectivity index (χ3n) is 2.92. The first-order valence-corrected chi connectivity index (χ1v) is 6.46. The van der Waals surface area contributed by atoms with Gasteiger partial charge in [-0.05, 0) is 31.0 Å². The molecular formula is C14H21N3O2. The second-order valence-corrected chi connectivity index (χ2v) is 4.61. The van der Waals surface area contributed by atoms with E-state index < -0.39 is 0 Å². The SMILES string of the molecule is CCC(C)NC(=O)CN(Cc1ccncc1)C(C)=O. The topological polar surface area (TPSA) is 62.3 Å². The van der Waals surface area contributed by atoms with E-state index in [-0.39, 0.29) is 24.4 Å². The molecule has 0 radical (unpaired) electrons. The second kappa shape index (κ2) is 7.51. The lowest BCUT2D eigenvalue weighted by molar-refractivity contribution is -0.135. The normalized spacial score (nSPS) is 11.7. The number of hydrogen-bond donors (Lipinski definition) is 1. The average molecular weight is 263 g/mol. The van der Waals surface area contributed by atoms with Gasteiger partial charge in [0.15, 0.2) is 0 Å². The summed E-state index contributed by atoms with van der Waals surface area (Å²) in [6.07, 6.45) is 4.22. The maximum absolute atomic E-state index is 11.8. The van der Waals surface area contributed by atoms with E-state index in [0.717, 1.165) is 12.0 Å². The third kappa shape index (κ3) is 5.50. The van der Waals surface area contributed by atoms with Gasteiger partial charge in [0.1, 0.15) is 0 Å². The van der Waals surface area contributed by atoms with Crippen molar-refractivity contribution in [2.75, 3.05) is 6.54 Å². The van der Waals surface area contributed by atoms with Gasteiger partial charge in [0.05, 0.1) is 6.54 Å². The third-order valence-corrected chi connectivity index (χ3v) is 2.92. The van der Waals surface area contributed by atoms with Gasteiger partial charge in [-0.1, -0.05) is 6.92 Å². The summed E-state index contributed by atoms with van der Waals surface area (Å²) in [4.78, 5) is 28.8. The first kappa shape index (κ1) is 15.1. The zero-order chi connectivity index (χ0) is 14.3. The van der Waals surface area contributed by atoms with E-state index in [2.05, 4.69) is 10.3 Å². The highest BCUT2D eigenvalue weighted by Crippen LogP contribution is 2.03. The number of carbonyl (C=O) groups is 2. The Hall–Kier alpha value is -1.91. The van der Waals surface area contributed by atoms with Gasteiger partial charge >= 0.3 is 0 Å². The Morgan fingerprint density at radius 1 is 1.37 bits per heavy atom. The smallest absolute Gasteiger partial charge is 0.239 e. The zero-order valence-corrected chi connectivity index (χ0v) is 11.7. The van der Waals surface area contributed by atoms with Crippen molar-refractivity contribution in [1.29, 1.82) is 0 Å². The number of rotatable bonds is 6. The molecule has 0 spiro atoms. The van der Waals surface area contributed by atoms with Crippen LogP contribution in [0.1, 0.15) is 32.8 Å². The Kier molecular flexibility index (Phi) is 5.99. The molecule has 1 atom stereocenters. The summed E-state index contributed by atoms with van der Waals surface area (Å²) in [6.45, 7) is 5.93. The molecule has 1 rings (SSSR count). The highest BCUT2D eigenvalue weighted by Gasteiger charge is 2.15. The molecule has 5 heteroatoms. The monoisotopic (exact) mass is 263 g/mol. The summed E-state index contributed by atoms with van der Waals surface area (Å²) in [5.74, 6) is -0.241. The average Bonchev–Trinajstić information content (AvgIpc) is 2.38. The number of nitrogens with one attached hydrogen (secondary N) is 1. The number of aromatic nitrogens is 1. The van der Waals surface area contributed by atoms with Gasteiger partial charge in [-0.2, -0.15) is 0 Å². The van der Waals surface area contributed by atoms with Gasteiger partial charge in [-0.15, -0.1) is 0 Å². The summed E-state index contributed by atoms with van der Waals surface area (Å²) in [5.41, 5.74) is 0.960. The number of nitrogens with zero attached hydrogens (tertiary/aromatic N) is 2. The van der Waals surface area contributed by atoms with E-state index >= 15 is 0 Å². The summed E-state index contributed by atoms with van der Waals surface area (Å²) < 4.78 is 0. The Balaban J connectivity index is 2.59. The van der Waals surface area contributed by atoms with Crippen molar-refractivity contribution in [2.45, 2.75) is 39.8 Å². The van der Waals surface area contributed by atoms with Crippen molar-refractivity contribution < 1.29 is 9.59 Å². The molecular weight excluding hydrogens is 242 g/mol. The van der Waals surface area contributed by atoms with Crippen LogP contribution < -0.4 is 5.32 Å². The standard InChI is InChI=1S/C14H21N3O2/c1-4-11(2)16-14(19)10-17(12(3)18)9-13-5-7-15-8-6-13/h5-8,11H,4,9-10H2,1-3H3,(H,16,19). The van der Waals surface area contributed by atoms with Crippen molar-refractivity contribution in [3.63, 3.8) is 0 Å². The van der Waals surface area contributed by atoms with E-state index in [1.807, 2.05) is 26.0 Å². The van der Waals surface area contributed by atoms with Crippen LogP contribution in [0.4, 0.5) is 0 Å². The Labute approximate surface area is 114 Å². The molecule has 0 saturated carbocycles. The first-order chi connectivity index (χ1) is 9.02. The van der Waals surface area contributed by atoms with Gasteiger partial charge < -0.3 is 10.2 Å². The van der Waals surface area contributed by atoms with E-state index in [1.54, 1.807) is 12.4 Å². The summed E-state index contributed by atoms with van der Waals surface area (Å²) in [5, 5.41) is 2.86. The quantitative estimate of drug-likeness (QED) is 0.842. The lowest BCUT2D eigenvalue weighted by atomic mass is 10.2. The maximum atomic E-state index is 11.8. The molecule has 19 heavy (non-hydrogen) atoms. The van der Waals surface area contributed by atoms with E-state index in [1.165, 1.54) is 11.8 Å². The van der Waals surface area contributed by atoms with Crippen molar-refractivity contribution in [1.82, 2.24) is 15.2 Å². The van der Waals surface area contributed by atoms with Crippen molar-refractivity contribution in [3.8, 4) is 0 Å². The lowest BCUT2D eigenvalue weighted by Gasteiger charge is -2.21. The molecule has 0 fully saturated rings. The molecule has 1 aromatic rings. The van der Waals surface area contributed by atoms with Crippen LogP contribution in [0.2, 0.25) is 0 Å². The summed E-state index contributed by atoms with van der Waals surface area (Å²) in [7, 11) is 0. The van der Waals surface area contributed by atoms with Gasteiger partial charge in [0, 0.05) is 31.9 Å². The maximum Gasteiger partial charge on any atom is 0.239 e.